The van der Waals surface area contributed by atoms with Crippen LogP contribution in [0, 0.1) is 0 Å². The number of hydrogen-bond acceptors (Lipinski definition) is 5. The molecule has 0 aliphatic rings. The van der Waals surface area contributed by atoms with Gasteiger partial charge in [0.05, 0.1) is 15.6 Å². The number of hydrogen-bond donors (Lipinski definition) is 0. The molecule has 2 aromatic heterocycles. The Morgan fingerprint density at radius 1 is 0.966 bits per heavy atom. The second-order valence-electron chi connectivity index (χ2n) is 6.46. The maximum Gasteiger partial charge on any atom is 0.235 e. The molecule has 3 aromatic carbocycles. The first kappa shape index (κ1) is 17.9. The van der Waals surface area contributed by atoms with Crippen molar-refractivity contribution in [1.82, 2.24) is 4.98 Å². The number of halogens is 1. The van der Waals surface area contributed by atoms with Crippen LogP contribution in [-0.4, -0.2) is 4.98 Å². The SMILES string of the molecule is O=c1c(OCc2nc3ccccc3s2)c(-c2ccc(Cl)cc2)oc2ccccc12. The summed E-state index contributed by atoms with van der Waals surface area (Å²) >= 11 is 7.56. The van der Waals surface area contributed by atoms with Gasteiger partial charge in [-0.25, -0.2) is 4.98 Å². The predicted octanol–water partition coefficient (Wildman–Crippen LogP) is 6.30. The molecule has 0 aliphatic heterocycles. The van der Waals surface area contributed by atoms with Gasteiger partial charge in [0.15, 0.2) is 5.76 Å². The highest BCUT2D eigenvalue weighted by atomic mass is 35.5. The van der Waals surface area contributed by atoms with E-state index in [0.717, 1.165) is 20.8 Å². The van der Waals surface area contributed by atoms with E-state index in [-0.39, 0.29) is 17.8 Å². The Morgan fingerprint density at radius 2 is 1.72 bits per heavy atom. The van der Waals surface area contributed by atoms with Gasteiger partial charge in [0, 0.05) is 10.6 Å². The number of thiazole rings is 1. The van der Waals surface area contributed by atoms with Crippen molar-refractivity contribution in [3.63, 3.8) is 0 Å². The number of nitrogens with zero attached hydrogens (tertiary/aromatic N) is 1. The molecule has 0 atom stereocenters. The molecule has 0 unspecified atom stereocenters. The molecule has 5 rings (SSSR count). The lowest BCUT2D eigenvalue weighted by Gasteiger charge is -2.11. The van der Waals surface area contributed by atoms with Crippen molar-refractivity contribution in [1.29, 1.82) is 0 Å². The Bertz CT molecular complexity index is 1360. The molecule has 142 valence electrons. The van der Waals surface area contributed by atoms with Gasteiger partial charge >= 0.3 is 0 Å². The highest BCUT2D eigenvalue weighted by molar-refractivity contribution is 7.18. The molecule has 0 bridgehead atoms. The van der Waals surface area contributed by atoms with E-state index in [4.69, 9.17) is 20.8 Å². The topological polar surface area (TPSA) is 52.3 Å². The van der Waals surface area contributed by atoms with Crippen LogP contribution >= 0.6 is 22.9 Å². The number of ether oxygens (including phenoxy) is 1. The molecular weight excluding hydrogens is 406 g/mol. The molecule has 0 fully saturated rings. The van der Waals surface area contributed by atoms with Gasteiger partial charge in [0.1, 0.15) is 17.2 Å². The lowest BCUT2D eigenvalue weighted by molar-refractivity contribution is 0.297. The van der Waals surface area contributed by atoms with Crippen LogP contribution in [0.2, 0.25) is 5.02 Å². The molecule has 0 N–H and O–H groups in total. The van der Waals surface area contributed by atoms with E-state index in [1.807, 2.05) is 30.3 Å². The summed E-state index contributed by atoms with van der Waals surface area (Å²) in [5.74, 6) is 0.553. The second kappa shape index (κ2) is 7.35. The Hall–Kier alpha value is -3.15. The number of para-hydroxylation sites is 2. The summed E-state index contributed by atoms with van der Waals surface area (Å²) in [4.78, 5) is 17.7. The first-order valence-electron chi connectivity index (χ1n) is 8.98. The second-order valence-corrected chi connectivity index (χ2v) is 8.01. The minimum atomic E-state index is -0.210. The summed E-state index contributed by atoms with van der Waals surface area (Å²) in [6, 6.07) is 22.2. The molecule has 0 radical (unpaired) electrons. The van der Waals surface area contributed by atoms with E-state index >= 15 is 0 Å². The van der Waals surface area contributed by atoms with Crippen molar-refractivity contribution in [2.24, 2.45) is 0 Å². The first-order valence-corrected chi connectivity index (χ1v) is 10.2. The smallest absolute Gasteiger partial charge is 0.235 e. The molecule has 29 heavy (non-hydrogen) atoms. The van der Waals surface area contributed by atoms with E-state index in [9.17, 15) is 4.79 Å². The molecule has 0 spiro atoms. The number of rotatable bonds is 4. The largest absolute Gasteiger partial charge is 0.479 e. The molecule has 0 saturated heterocycles. The fraction of sp³-hybridized carbons (Fsp3) is 0.0435. The van der Waals surface area contributed by atoms with E-state index in [2.05, 4.69) is 4.98 Å². The monoisotopic (exact) mass is 419 g/mol. The lowest BCUT2D eigenvalue weighted by Crippen LogP contribution is -2.10. The van der Waals surface area contributed by atoms with E-state index in [0.29, 0.717) is 21.8 Å². The summed E-state index contributed by atoms with van der Waals surface area (Å²) in [5.41, 5.74) is 1.93. The zero-order valence-corrected chi connectivity index (χ0v) is 16.7. The molecule has 2 heterocycles. The summed E-state index contributed by atoms with van der Waals surface area (Å²) in [6.45, 7) is 0.184. The average Bonchev–Trinajstić information content (AvgIpc) is 3.16. The van der Waals surface area contributed by atoms with Crippen molar-refractivity contribution in [2.45, 2.75) is 6.61 Å². The number of aromatic nitrogens is 1. The molecule has 6 heteroatoms. The van der Waals surface area contributed by atoms with Crippen LogP contribution in [0.5, 0.6) is 5.75 Å². The van der Waals surface area contributed by atoms with Gasteiger partial charge in [-0.2, -0.15) is 0 Å². The minimum Gasteiger partial charge on any atom is -0.479 e. The fourth-order valence-electron chi connectivity index (χ4n) is 3.16. The fourth-order valence-corrected chi connectivity index (χ4v) is 4.17. The van der Waals surface area contributed by atoms with Gasteiger partial charge in [-0.1, -0.05) is 35.9 Å². The Kier molecular flexibility index (Phi) is 4.54. The van der Waals surface area contributed by atoms with Crippen LogP contribution in [0.25, 0.3) is 32.5 Å². The van der Waals surface area contributed by atoms with Gasteiger partial charge in [0.2, 0.25) is 11.2 Å². The Morgan fingerprint density at radius 3 is 2.55 bits per heavy atom. The van der Waals surface area contributed by atoms with Gasteiger partial charge < -0.3 is 9.15 Å². The third kappa shape index (κ3) is 3.39. The predicted molar refractivity (Wildman–Crippen MR) is 117 cm³/mol. The van der Waals surface area contributed by atoms with Gasteiger partial charge in [-0.05, 0) is 48.5 Å². The zero-order chi connectivity index (χ0) is 19.8. The van der Waals surface area contributed by atoms with Crippen molar-refractivity contribution in [3.05, 3.63) is 93.0 Å². The summed E-state index contributed by atoms with van der Waals surface area (Å²) in [6.07, 6.45) is 0. The van der Waals surface area contributed by atoms with Crippen molar-refractivity contribution < 1.29 is 9.15 Å². The summed E-state index contributed by atoms with van der Waals surface area (Å²) in [5, 5.41) is 1.87. The third-order valence-electron chi connectivity index (χ3n) is 4.54. The summed E-state index contributed by atoms with van der Waals surface area (Å²) in [7, 11) is 0. The van der Waals surface area contributed by atoms with Crippen molar-refractivity contribution in [2.75, 3.05) is 0 Å². The van der Waals surface area contributed by atoms with Crippen LogP contribution in [0.4, 0.5) is 0 Å². The van der Waals surface area contributed by atoms with Crippen LogP contribution in [0.3, 0.4) is 0 Å². The van der Waals surface area contributed by atoms with Crippen LogP contribution in [0.15, 0.2) is 82.0 Å². The maximum atomic E-state index is 13.2. The van der Waals surface area contributed by atoms with Crippen LogP contribution in [-0.2, 0) is 6.61 Å². The van der Waals surface area contributed by atoms with Crippen molar-refractivity contribution >= 4 is 44.1 Å². The maximum absolute atomic E-state index is 13.2. The number of benzene rings is 3. The Labute approximate surface area is 175 Å². The normalized spacial score (nSPS) is 11.2. The molecular formula is C23H14ClNO3S. The molecule has 0 saturated carbocycles. The van der Waals surface area contributed by atoms with E-state index < -0.39 is 0 Å². The van der Waals surface area contributed by atoms with Gasteiger partial charge in [-0.15, -0.1) is 11.3 Å². The molecule has 4 nitrogen and oxygen atoms in total. The van der Waals surface area contributed by atoms with Crippen LogP contribution in [0.1, 0.15) is 5.01 Å². The highest BCUT2D eigenvalue weighted by Gasteiger charge is 2.18. The molecule has 0 aliphatic carbocycles. The zero-order valence-electron chi connectivity index (χ0n) is 15.1. The lowest BCUT2D eigenvalue weighted by atomic mass is 10.1. The highest BCUT2D eigenvalue weighted by Crippen LogP contribution is 2.32. The van der Waals surface area contributed by atoms with E-state index in [1.165, 1.54) is 0 Å². The molecule has 0 amide bonds. The van der Waals surface area contributed by atoms with Crippen molar-refractivity contribution in [3.8, 4) is 17.1 Å². The third-order valence-corrected chi connectivity index (χ3v) is 5.80. The van der Waals surface area contributed by atoms with Gasteiger partial charge in [-0.3, -0.25) is 4.79 Å². The molecule has 5 aromatic rings. The first-order chi connectivity index (χ1) is 14.2. The minimum absolute atomic E-state index is 0.172. The Balaban J connectivity index is 1.60. The summed E-state index contributed by atoms with van der Waals surface area (Å²) < 4.78 is 13.1. The standard InChI is InChI=1S/C23H14ClNO3S/c24-15-11-9-14(10-12-15)22-23(21(26)16-5-1-3-7-18(16)28-22)27-13-20-25-17-6-2-4-8-19(17)29-20/h1-12H,13H2. The van der Waals surface area contributed by atoms with E-state index in [1.54, 1.807) is 53.8 Å². The average molecular weight is 420 g/mol. The van der Waals surface area contributed by atoms with Gasteiger partial charge in [0.25, 0.3) is 0 Å². The quantitative estimate of drug-likeness (QED) is 0.343. The number of fused-ring (bicyclic) bond motifs is 2. The van der Waals surface area contributed by atoms with Crippen LogP contribution < -0.4 is 10.2 Å².